The van der Waals surface area contributed by atoms with Gasteiger partial charge in [-0.2, -0.15) is 5.10 Å². The highest BCUT2D eigenvalue weighted by Gasteiger charge is 2.17. The molecule has 0 atom stereocenters. The molecule has 8 heteroatoms. The Morgan fingerprint density at radius 3 is 2.45 bits per heavy atom. The largest absolute Gasteiger partial charge is 0.354 e. The first-order valence-corrected chi connectivity index (χ1v) is 10.4. The highest BCUT2D eigenvalue weighted by atomic mass is 79.9. The predicted octanol–water partition coefficient (Wildman–Crippen LogP) is 3.94. The number of piperazine rings is 1. The lowest BCUT2D eigenvalue weighted by atomic mass is 10.2. The maximum Gasteiger partial charge on any atom is 0.156 e. The van der Waals surface area contributed by atoms with Crippen molar-refractivity contribution in [2.24, 2.45) is 0 Å². The van der Waals surface area contributed by atoms with Gasteiger partial charge in [0.2, 0.25) is 0 Å². The summed E-state index contributed by atoms with van der Waals surface area (Å²) in [6.45, 7) is 5.92. The quantitative estimate of drug-likeness (QED) is 0.609. The Labute approximate surface area is 179 Å². The van der Waals surface area contributed by atoms with Crippen LogP contribution in [0.3, 0.4) is 0 Å². The van der Waals surface area contributed by atoms with Gasteiger partial charge in [-0.3, -0.25) is 5.10 Å². The third-order valence-electron chi connectivity index (χ3n) is 4.81. The molecule has 7 nitrogen and oxygen atoms in total. The van der Waals surface area contributed by atoms with E-state index in [0.29, 0.717) is 5.82 Å². The van der Waals surface area contributed by atoms with E-state index in [-0.39, 0.29) is 0 Å². The fraction of sp³-hybridized carbons (Fsp3) is 0.286. The Balaban J connectivity index is 1.62. The monoisotopic (exact) mass is 453 g/mol. The summed E-state index contributed by atoms with van der Waals surface area (Å²) >= 11 is 3.47. The maximum absolute atomic E-state index is 4.79. The average molecular weight is 454 g/mol. The van der Waals surface area contributed by atoms with Gasteiger partial charge in [-0.15, -0.1) is 0 Å². The number of halogens is 1. The lowest BCUT2D eigenvalue weighted by molar-refractivity contribution is 0.312. The molecule has 29 heavy (non-hydrogen) atoms. The number of hydrogen-bond acceptors (Lipinski definition) is 6. The van der Waals surface area contributed by atoms with E-state index in [2.05, 4.69) is 65.4 Å². The predicted molar refractivity (Wildman–Crippen MR) is 121 cm³/mol. The van der Waals surface area contributed by atoms with Gasteiger partial charge in [-0.1, -0.05) is 34.1 Å². The average Bonchev–Trinajstić information content (AvgIpc) is 3.12. The molecule has 3 aromatic rings. The van der Waals surface area contributed by atoms with Gasteiger partial charge < -0.3 is 15.1 Å². The van der Waals surface area contributed by atoms with Crippen molar-refractivity contribution >= 4 is 45.5 Å². The van der Waals surface area contributed by atoms with Crippen molar-refractivity contribution in [3.8, 4) is 0 Å². The van der Waals surface area contributed by atoms with Crippen LogP contribution >= 0.6 is 15.9 Å². The zero-order valence-corrected chi connectivity index (χ0v) is 18.1. The first-order valence-electron chi connectivity index (χ1n) is 9.60. The van der Waals surface area contributed by atoms with E-state index in [1.807, 2.05) is 43.3 Å². The minimum absolute atomic E-state index is 0.666. The van der Waals surface area contributed by atoms with Gasteiger partial charge >= 0.3 is 0 Å². The molecule has 150 valence electrons. The van der Waals surface area contributed by atoms with Gasteiger partial charge in [0.15, 0.2) is 11.6 Å². The van der Waals surface area contributed by atoms with Crippen LogP contribution in [0.2, 0.25) is 0 Å². The van der Waals surface area contributed by atoms with E-state index in [9.17, 15) is 0 Å². The number of nitrogens with one attached hydrogen (secondary N) is 2. The van der Waals surface area contributed by atoms with Crippen LogP contribution in [0.4, 0.5) is 17.5 Å². The molecule has 4 rings (SSSR count). The number of anilines is 3. The van der Waals surface area contributed by atoms with Gasteiger partial charge in [0.25, 0.3) is 0 Å². The molecule has 0 spiro atoms. The minimum atomic E-state index is 0.666. The van der Waals surface area contributed by atoms with Crippen molar-refractivity contribution in [1.29, 1.82) is 0 Å². The van der Waals surface area contributed by atoms with E-state index in [1.165, 1.54) is 0 Å². The highest BCUT2D eigenvalue weighted by molar-refractivity contribution is 9.10. The standard InChI is InChI=1S/C21H24BrN7/c1-15-13-20(27-26-15)24-19-14-21(29-11-9-28(2)10-12-29)25-18(23-19)8-5-16-3-6-17(22)7-4-16/h3-8,13-14H,9-12H2,1-2H3,(H2,23,24,25,26,27). The van der Waals surface area contributed by atoms with Crippen LogP contribution in [0.15, 0.2) is 40.9 Å². The number of benzene rings is 1. The summed E-state index contributed by atoms with van der Waals surface area (Å²) in [4.78, 5) is 14.1. The van der Waals surface area contributed by atoms with E-state index in [0.717, 1.165) is 59.4 Å². The fourth-order valence-corrected chi connectivity index (χ4v) is 3.41. The number of aryl methyl sites for hydroxylation is 1. The molecule has 0 bridgehead atoms. The van der Waals surface area contributed by atoms with E-state index < -0.39 is 0 Å². The molecular formula is C21H24BrN7. The Kier molecular flexibility index (Phi) is 5.92. The van der Waals surface area contributed by atoms with Crippen LogP contribution in [0.1, 0.15) is 17.1 Å². The second-order valence-electron chi connectivity index (χ2n) is 7.21. The first kappa shape index (κ1) is 19.6. The van der Waals surface area contributed by atoms with Crippen LogP contribution < -0.4 is 10.2 Å². The summed E-state index contributed by atoms with van der Waals surface area (Å²) in [6.07, 6.45) is 3.97. The molecule has 1 fully saturated rings. The molecule has 0 unspecified atom stereocenters. The van der Waals surface area contributed by atoms with Crippen LogP contribution in [-0.2, 0) is 0 Å². The van der Waals surface area contributed by atoms with Crippen LogP contribution in [-0.4, -0.2) is 58.3 Å². The number of likely N-dealkylation sites (N-methyl/N-ethyl adjacent to an activating group) is 1. The number of nitrogens with zero attached hydrogens (tertiary/aromatic N) is 5. The van der Waals surface area contributed by atoms with Crippen molar-refractivity contribution in [3.63, 3.8) is 0 Å². The summed E-state index contributed by atoms with van der Waals surface area (Å²) in [6, 6.07) is 12.1. The highest BCUT2D eigenvalue weighted by Crippen LogP contribution is 2.21. The summed E-state index contributed by atoms with van der Waals surface area (Å²) in [7, 11) is 2.15. The maximum atomic E-state index is 4.79. The normalized spacial score (nSPS) is 15.2. The summed E-state index contributed by atoms with van der Waals surface area (Å²) in [5, 5.41) is 10.5. The molecule has 2 N–H and O–H groups in total. The smallest absolute Gasteiger partial charge is 0.156 e. The zero-order valence-electron chi connectivity index (χ0n) is 16.6. The molecule has 0 radical (unpaired) electrons. The molecule has 0 saturated carbocycles. The van der Waals surface area contributed by atoms with E-state index >= 15 is 0 Å². The van der Waals surface area contributed by atoms with Crippen LogP contribution in [0, 0.1) is 6.92 Å². The minimum Gasteiger partial charge on any atom is -0.354 e. The van der Waals surface area contributed by atoms with Crippen molar-refractivity contribution in [2.45, 2.75) is 6.92 Å². The summed E-state index contributed by atoms with van der Waals surface area (Å²) in [5.74, 6) is 3.07. The third kappa shape index (κ3) is 5.21. The molecule has 3 heterocycles. The van der Waals surface area contributed by atoms with Gasteiger partial charge in [-0.05, 0) is 37.7 Å². The van der Waals surface area contributed by atoms with Crippen LogP contribution in [0.25, 0.3) is 12.2 Å². The number of hydrogen-bond donors (Lipinski definition) is 2. The molecule has 0 amide bonds. The van der Waals surface area contributed by atoms with Gasteiger partial charge in [0.1, 0.15) is 11.6 Å². The molecule has 1 saturated heterocycles. The lowest BCUT2D eigenvalue weighted by Crippen LogP contribution is -2.44. The van der Waals surface area contributed by atoms with Crippen molar-refractivity contribution in [1.82, 2.24) is 25.1 Å². The molecule has 0 aliphatic carbocycles. The first-order chi connectivity index (χ1) is 14.0. The third-order valence-corrected chi connectivity index (χ3v) is 5.34. The summed E-state index contributed by atoms with van der Waals surface area (Å²) in [5.41, 5.74) is 2.09. The zero-order chi connectivity index (χ0) is 20.2. The van der Waals surface area contributed by atoms with E-state index in [4.69, 9.17) is 4.98 Å². The Morgan fingerprint density at radius 1 is 1.00 bits per heavy atom. The molecule has 2 aromatic heterocycles. The second kappa shape index (κ2) is 8.75. The molecular weight excluding hydrogens is 430 g/mol. The Hall–Kier alpha value is -2.71. The number of rotatable bonds is 5. The number of aromatic nitrogens is 4. The van der Waals surface area contributed by atoms with Crippen molar-refractivity contribution < 1.29 is 0 Å². The molecule has 1 aliphatic heterocycles. The van der Waals surface area contributed by atoms with Gasteiger partial charge in [-0.25, -0.2) is 9.97 Å². The lowest BCUT2D eigenvalue weighted by Gasteiger charge is -2.33. The number of H-pyrrole nitrogens is 1. The van der Waals surface area contributed by atoms with Gasteiger partial charge in [0.05, 0.1) is 0 Å². The van der Waals surface area contributed by atoms with Crippen molar-refractivity contribution in [2.75, 3.05) is 43.4 Å². The van der Waals surface area contributed by atoms with Crippen molar-refractivity contribution in [3.05, 3.63) is 58.0 Å². The second-order valence-corrected chi connectivity index (χ2v) is 8.12. The topological polar surface area (TPSA) is 73.0 Å². The van der Waals surface area contributed by atoms with E-state index in [1.54, 1.807) is 0 Å². The Bertz CT molecular complexity index is 989. The Morgan fingerprint density at radius 2 is 1.76 bits per heavy atom. The number of aromatic amines is 1. The SMILES string of the molecule is Cc1cc(Nc2cc(N3CCN(C)CC3)nc(C=Cc3ccc(Br)cc3)n2)n[nH]1. The molecule has 1 aromatic carbocycles. The fourth-order valence-electron chi connectivity index (χ4n) is 3.15. The van der Waals surface area contributed by atoms with Crippen LogP contribution in [0.5, 0.6) is 0 Å². The summed E-state index contributed by atoms with van der Waals surface area (Å²) < 4.78 is 1.06. The van der Waals surface area contributed by atoms with Gasteiger partial charge in [0, 0.05) is 48.5 Å². The molecule has 1 aliphatic rings.